The van der Waals surface area contributed by atoms with Crippen LogP contribution in [0.1, 0.15) is 13.8 Å². The maximum atomic E-state index is 9.04. The average Bonchev–Trinajstić information content (AvgIpc) is 1.93. The third-order valence-corrected chi connectivity index (χ3v) is 0.552. The standard InChI is InChI=1S/C4H10O.C3H3NO/c1-3-5-4-2;1-2-4-3-5/h3-4H2,1-2H3;2H,1H2. The molecule has 0 aromatic heterocycles. The topological polar surface area (TPSA) is 38.7 Å². The fourth-order valence-corrected chi connectivity index (χ4v) is 0.241. The Bertz CT molecular complexity index is 104. The van der Waals surface area contributed by atoms with Gasteiger partial charge >= 0.3 is 0 Å². The number of nitrogens with zero attached hydrogens (tertiary/aromatic N) is 1. The summed E-state index contributed by atoms with van der Waals surface area (Å²) in [6, 6.07) is 0. The van der Waals surface area contributed by atoms with E-state index in [4.69, 9.17) is 9.53 Å². The van der Waals surface area contributed by atoms with Gasteiger partial charge in [-0.15, -0.1) is 0 Å². The molecule has 0 radical (unpaired) electrons. The van der Waals surface area contributed by atoms with Gasteiger partial charge in [-0.2, -0.15) is 4.99 Å². The Morgan fingerprint density at radius 1 is 1.60 bits per heavy atom. The summed E-state index contributed by atoms with van der Waals surface area (Å²) in [5.41, 5.74) is 0. The summed E-state index contributed by atoms with van der Waals surface area (Å²) in [4.78, 5) is 12.0. The summed E-state index contributed by atoms with van der Waals surface area (Å²) in [5.74, 6) is 0. The van der Waals surface area contributed by atoms with Gasteiger partial charge in [-0.25, -0.2) is 4.79 Å². The van der Waals surface area contributed by atoms with Crippen molar-refractivity contribution in [2.75, 3.05) is 13.2 Å². The van der Waals surface area contributed by atoms with Gasteiger partial charge in [0.1, 0.15) is 0 Å². The van der Waals surface area contributed by atoms with Crippen molar-refractivity contribution in [3.05, 3.63) is 12.8 Å². The third kappa shape index (κ3) is 27.6. The van der Waals surface area contributed by atoms with Gasteiger partial charge in [0.2, 0.25) is 6.08 Å². The third-order valence-electron chi connectivity index (χ3n) is 0.552. The number of ether oxygens (including phenoxy) is 1. The molecule has 0 bridgehead atoms. The van der Waals surface area contributed by atoms with Gasteiger partial charge in [-0.1, -0.05) is 6.58 Å². The number of isocyanates is 1. The Hall–Kier alpha value is -0.920. The van der Waals surface area contributed by atoms with Crippen LogP contribution in [0.15, 0.2) is 17.8 Å². The van der Waals surface area contributed by atoms with E-state index in [9.17, 15) is 0 Å². The number of aliphatic imine (C=N–C) groups is 1. The molecule has 0 amide bonds. The van der Waals surface area contributed by atoms with E-state index in [1.165, 1.54) is 6.08 Å². The van der Waals surface area contributed by atoms with E-state index in [-0.39, 0.29) is 0 Å². The second-order valence-corrected chi connectivity index (χ2v) is 1.18. The minimum absolute atomic E-state index is 0.844. The van der Waals surface area contributed by atoms with Crippen molar-refractivity contribution < 1.29 is 9.53 Å². The Morgan fingerprint density at radius 3 is 2.10 bits per heavy atom. The molecule has 0 aliphatic rings. The zero-order valence-electron chi connectivity index (χ0n) is 6.46. The van der Waals surface area contributed by atoms with Crippen LogP contribution in [0.4, 0.5) is 0 Å². The first-order chi connectivity index (χ1) is 4.83. The van der Waals surface area contributed by atoms with Gasteiger partial charge in [-0.05, 0) is 13.8 Å². The first-order valence-corrected chi connectivity index (χ1v) is 3.09. The van der Waals surface area contributed by atoms with E-state index in [1.54, 1.807) is 0 Å². The average molecular weight is 143 g/mol. The van der Waals surface area contributed by atoms with Crippen molar-refractivity contribution in [2.45, 2.75) is 13.8 Å². The smallest absolute Gasteiger partial charge is 0.239 e. The fraction of sp³-hybridized carbons (Fsp3) is 0.571. The molecule has 3 heteroatoms. The molecule has 3 nitrogen and oxygen atoms in total. The quantitative estimate of drug-likeness (QED) is 0.443. The van der Waals surface area contributed by atoms with Gasteiger partial charge < -0.3 is 4.74 Å². The summed E-state index contributed by atoms with van der Waals surface area (Å²) in [5, 5.41) is 0. The first kappa shape index (κ1) is 11.8. The Labute approximate surface area is 61.4 Å². The van der Waals surface area contributed by atoms with Crippen LogP contribution < -0.4 is 0 Å². The molecule has 0 saturated heterocycles. The van der Waals surface area contributed by atoms with E-state index < -0.39 is 0 Å². The van der Waals surface area contributed by atoms with E-state index in [2.05, 4.69) is 11.6 Å². The maximum absolute atomic E-state index is 9.04. The lowest BCUT2D eigenvalue weighted by Gasteiger charge is -1.86. The van der Waals surface area contributed by atoms with Crippen LogP contribution in [0.5, 0.6) is 0 Å². The second-order valence-electron chi connectivity index (χ2n) is 1.18. The van der Waals surface area contributed by atoms with E-state index in [1.807, 2.05) is 13.8 Å². The highest BCUT2D eigenvalue weighted by Crippen LogP contribution is 1.64. The van der Waals surface area contributed by atoms with Crippen LogP contribution >= 0.6 is 0 Å². The van der Waals surface area contributed by atoms with E-state index in [0.717, 1.165) is 19.4 Å². The minimum Gasteiger partial charge on any atom is -0.382 e. The van der Waals surface area contributed by atoms with Gasteiger partial charge in [0, 0.05) is 19.4 Å². The normalized spacial score (nSPS) is 6.60. The molecule has 0 unspecified atom stereocenters. The lowest BCUT2D eigenvalue weighted by Crippen LogP contribution is -1.84. The summed E-state index contributed by atoms with van der Waals surface area (Å²) in [6.45, 7) is 8.79. The molecule has 0 heterocycles. The summed E-state index contributed by atoms with van der Waals surface area (Å²) in [6.07, 6.45) is 2.41. The fourth-order valence-electron chi connectivity index (χ4n) is 0.241. The molecule has 0 aliphatic heterocycles. The summed E-state index contributed by atoms with van der Waals surface area (Å²) < 4.78 is 4.83. The van der Waals surface area contributed by atoms with Crippen molar-refractivity contribution in [3.8, 4) is 0 Å². The van der Waals surface area contributed by atoms with E-state index >= 15 is 0 Å². The first-order valence-electron chi connectivity index (χ1n) is 3.09. The minimum atomic E-state index is 0.844. The van der Waals surface area contributed by atoms with Crippen LogP contribution in [-0.4, -0.2) is 19.3 Å². The van der Waals surface area contributed by atoms with Crippen molar-refractivity contribution in [1.29, 1.82) is 0 Å². The highest BCUT2D eigenvalue weighted by atomic mass is 16.5. The van der Waals surface area contributed by atoms with E-state index in [0.29, 0.717) is 0 Å². The highest BCUT2D eigenvalue weighted by Gasteiger charge is 1.64. The maximum Gasteiger partial charge on any atom is 0.239 e. The predicted molar refractivity (Wildman–Crippen MR) is 40.5 cm³/mol. The second kappa shape index (κ2) is 15.7. The van der Waals surface area contributed by atoms with Gasteiger partial charge in [0.25, 0.3) is 0 Å². The van der Waals surface area contributed by atoms with Crippen molar-refractivity contribution in [3.63, 3.8) is 0 Å². The molecule has 0 atom stereocenters. The van der Waals surface area contributed by atoms with Crippen LogP contribution in [0.3, 0.4) is 0 Å². The zero-order chi connectivity index (χ0) is 8.24. The molecule has 58 valence electrons. The van der Waals surface area contributed by atoms with Crippen LogP contribution in [0, 0.1) is 0 Å². The van der Waals surface area contributed by atoms with Gasteiger partial charge in [0.05, 0.1) is 0 Å². The Morgan fingerprint density at radius 2 is 2.10 bits per heavy atom. The number of rotatable bonds is 3. The monoisotopic (exact) mass is 143 g/mol. The SMILES string of the molecule is C=CN=C=O.CCOCC. The molecular weight excluding hydrogens is 130 g/mol. The molecule has 0 aromatic rings. The molecule has 0 aliphatic carbocycles. The Kier molecular flexibility index (Phi) is 18.6. The summed E-state index contributed by atoms with van der Waals surface area (Å²) >= 11 is 0. The zero-order valence-corrected chi connectivity index (χ0v) is 6.46. The lowest BCUT2D eigenvalue weighted by molar-refractivity contribution is 0.162. The lowest BCUT2D eigenvalue weighted by atomic mass is 10.8. The van der Waals surface area contributed by atoms with Crippen molar-refractivity contribution in [2.24, 2.45) is 4.99 Å². The van der Waals surface area contributed by atoms with Gasteiger partial charge in [0.15, 0.2) is 0 Å². The summed E-state index contributed by atoms with van der Waals surface area (Å²) in [7, 11) is 0. The number of hydrogen-bond acceptors (Lipinski definition) is 3. The van der Waals surface area contributed by atoms with Crippen LogP contribution in [-0.2, 0) is 9.53 Å². The molecule has 0 N–H and O–H groups in total. The molecule has 0 spiro atoms. The molecule has 10 heavy (non-hydrogen) atoms. The number of carbonyl (C=O) groups excluding carboxylic acids is 1. The van der Waals surface area contributed by atoms with Crippen LogP contribution in [0.2, 0.25) is 0 Å². The van der Waals surface area contributed by atoms with Crippen LogP contribution in [0.25, 0.3) is 0 Å². The molecule has 0 fully saturated rings. The molecule has 0 rings (SSSR count). The van der Waals surface area contributed by atoms with Gasteiger partial charge in [-0.3, -0.25) is 0 Å². The highest BCUT2D eigenvalue weighted by molar-refractivity contribution is 5.34. The Balaban J connectivity index is 0. The van der Waals surface area contributed by atoms with Crippen molar-refractivity contribution >= 4 is 6.08 Å². The van der Waals surface area contributed by atoms with Crippen molar-refractivity contribution in [1.82, 2.24) is 0 Å². The predicted octanol–water partition coefficient (Wildman–Crippen LogP) is 1.51. The molecule has 0 saturated carbocycles. The molecule has 0 aromatic carbocycles. The largest absolute Gasteiger partial charge is 0.382 e. The molecular formula is C7H13NO2. The number of hydrogen-bond donors (Lipinski definition) is 0.